The fourth-order valence-corrected chi connectivity index (χ4v) is 2.62. The molecular formula is C12H22N2OS. The lowest BCUT2D eigenvalue weighted by Gasteiger charge is -2.16. The van der Waals surface area contributed by atoms with E-state index in [-0.39, 0.29) is 6.10 Å². The molecule has 0 aliphatic heterocycles. The predicted octanol–water partition coefficient (Wildman–Crippen LogP) is 1.32. The number of hydrogen-bond donors (Lipinski definition) is 2. The van der Waals surface area contributed by atoms with Crippen LogP contribution >= 0.6 is 11.3 Å². The number of likely N-dealkylation sites (N-methyl/N-ethyl adjacent to an activating group) is 1. The van der Waals surface area contributed by atoms with Gasteiger partial charge in [-0.05, 0) is 37.5 Å². The number of thiophene rings is 1. The molecule has 0 fully saturated rings. The Hall–Kier alpha value is -0.420. The van der Waals surface area contributed by atoms with Gasteiger partial charge in [-0.3, -0.25) is 0 Å². The summed E-state index contributed by atoms with van der Waals surface area (Å²) in [5.41, 5.74) is 1.42. The van der Waals surface area contributed by atoms with Gasteiger partial charge in [0.15, 0.2) is 0 Å². The number of nitrogens with one attached hydrogen (secondary N) is 1. The van der Waals surface area contributed by atoms with Crippen LogP contribution in [0.15, 0.2) is 11.4 Å². The summed E-state index contributed by atoms with van der Waals surface area (Å²) in [6.45, 7) is 4.40. The monoisotopic (exact) mass is 242 g/mol. The summed E-state index contributed by atoms with van der Waals surface area (Å²) in [6, 6.07) is 2.18. The molecule has 1 aromatic heterocycles. The van der Waals surface area contributed by atoms with Gasteiger partial charge in [0.05, 0.1) is 6.10 Å². The van der Waals surface area contributed by atoms with E-state index >= 15 is 0 Å². The van der Waals surface area contributed by atoms with Crippen molar-refractivity contribution in [3.8, 4) is 0 Å². The summed E-state index contributed by atoms with van der Waals surface area (Å²) in [5.74, 6) is 0. The Morgan fingerprint density at radius 2 is 2.25 bits per heavy atom. The van der Waals surface area contributed by atoms with E-state index in [0.29, 0.717) is 13.1 Å². The number of hydrogen-bond acceptors (Lipinski definition) is 4. The first-order valence-corrected chi connectivity index (χ1v) is 6.60. The zero-order valence-corrected chi connectivity index (χ0v) is 11.2. The van der Waals surface area contributed by atoms with Crippen LogP contribution in [0.2, 0.25) is 0 Å². The highest BCUT2D eigenvalue weighted by molar-refractivity contribution is 7.10. The number of aryl methyl sites for hydroxylation is 1. The fourth-order valence-electron chi connectivity index (χ4n) is 1.68. The largest absolute Gasteiger partial charge is 0.390 e. The van der Waals surface area contributed by atoms with E-state index in [1.807, 2.05) is 19.0 Å². The second kappa shape index (κ2) is 7.01. The third-order valence-corrected chi connectivity index (χ3v) is 3.42. The molecule has 2 N–H and O–H groups in total. The summed E-state index contributed by atoms with van der Waals surface area (Å²) in [6.07, 6.45) is 0.792. The van der Waals surface area contributed by atoms with Crippen LogP contribution in [0.5, 0.6) is 0 Å². The Bertz CT molecular complexity index is 299. The van der Waals surface area contributed by atoms with Crippen molar-refractivity contribution in [3.05, 3.63) is 21.9 Å². The van der Waals surface area contributed by atoms with Crippen molar-refractivity contribution in [2.45, 2.75) is 26.0 Å². The molecule has 0 saturated heterocycles. The summed E-state index contributed by atoms with van der Waals surface area (Å²) in [5, 5.41) is 15.1. The predicted molar refractivity (Wildman–Crippen MR) is 70.0 cm³/mol. The van der Waals surface area contributed by atoms with Crippen LogP contribution in [-0.4, -0.2) is 43.3 Å². The third-order valence-electron chi connectivity index (χ3n) is 2.46. The Morgan fingerprint density at radius 3 is 2.88 bits per heavy atom. The van der Waals surface area contributed by atoms with Gasteiger partial charge in [-0.1, -0.05) is 6.92 Å². The summed E-state index contributed by atoms with van der Waals surface area (Å²) in [4.78, 5) is 3.38. The zero-order valence-electron chi connectivity index (χ0n) is 10.4. The molecule has 4 heteroatoms. The molecule has 0 amide bonds. The Morgan fingerprint density at radius 1 is 1.50 bits per heavy atom. The Kier molecular flexibility index (Phi) is 5.98. The second-order valence-electron chi connectivity index (χ2n) is 4.27. The standard InChI is InChI=1S/C12H22N2OS/c1-4-10-5-6-16-12(10)8-13-7-11(15)9-14(2)3/h5-6,11,13,15H,4,7-9H2,1-3H3. The highest BCUT2D eigenvalue weighted by Crippen LogP contribution is 2.16. The van der Waals surface area contributed by atoms with Crippen molar-refractivity contribution < 1.29 is 5.11 Å². The Balaban J connectivity index is 2.25. The van der Waals surface area contributed by atoms with Crippen molar-refractivity contribution in [3.63, 3.8) is 0 Å². The van der Waals surface area contributed by atoms with Crippen LogP contribution in [-0.2, 0) is 13.0 Å². The summed E-state index contributed by atoms with van der Waals surface area (Å²) < 4.78 is 0. The van der Waals surface area contributed by atoms with Crippen molar-refractivity contribution in [1.82, 2.24) is 10.2 Å². The fraction of sp³-hybridized carbons (Fsp3) is 0.667. The molecule has 1 atom stereocenters. The number of rotatable bonds is 7. The van der Waals surface area contributed by atoms with Crippen LogP contribution in [0.25, 0.3) is 0 Å². The van der Waals surface area contributed by atoms with Crippen LogP contribution in [0.4, 0.5) is 0 Å². The quantitative estimate of drug-likeness (QED) is 0.757. The molecule has 0 aliphatic carbocycles. The molecule has 16 heavy (non-hydrogen) atoms. The Labute approximate surface area is 102 Å². The van der Waals surface area contributed by atoms with E-state index < -0.39 is 0 Å². The number of aliphatic hydroxyl groups is 1. The molecule has 0 spiro atoms. The van der Waals surface area contributed by atoms with Gasteiger partial charge in [0, 0.05) is 24.5 Å². The topological polar surface area (TPSA) is 35.5 Å². The maximum absolute atomic E-state index is 9.67. The maximum Gasteiger partial charge on any atom is 0.0791 e. The molecule has 0 radical (unpaired) electrons. The van der Waals surface area contributed by atoms with Gasteiger partial charge < -0.3 is 15.3 Å². The zero-order chi connectivity index (χ0) is 12.0. The van der Waals surface area contributed by atoms with E-state index in [2.05, 4.69) is 23.7 Å². The first-order valence-electron chi connectivity index (χ1n) is 5.72. The van der Waals surface area contributed by atoms with E-state index in [9.17, 15) is 5.11 Å². The minimum absolute atomic E-state index is 0.292. The number of nitrogens with zero attached hydrogens (tertiary/aromatic N) is 1. The van der Waals surface area contributed by atoms with Crippen LogP contribution < -0.4 is 5.32 Å². The number of aliphatic hydroxyl groups excluding tert-OH is 1. The highest BCUT2D eigenvalue weighted by Gasteiger charge is 2.06. The highest BCUT2D eigenvalue weighted by atomic mass is 32.1. The van der Waals surface area contributed by atoms with Gasteiger partial charge >= 0.3 is 0 Å². The lowest BCUT2D eigenvalue weighted by Crippen LogP contribution is -2.34. The van der Waals surface area contributed by atoms with Crippen LogP contribution in [0.1, 0.15) is 17.4 Å². The third kappa shape index (κ3) is 4.61. The van der Waals surface area contributed by atoms with Crippen LogP contribution in [0.3, 0.4) is 0 Å². The van der Waals surface area contributed by atoms with Gasteiger partial charge in [-0.25, -0.2) is 0 Å². The first-order chi connectivity index (χ1) is 7.63. The van der Waals surface area contributed by atoms with Crippen molar-refractivity contribution in [1.29, 1.82) is 0 Å². The van der Waals surface area contributed by atoms with Gasteiger partial charge in [0.2, 0.25) is 0 Å². The molecule has 1 unspecified atom stereocenters. The maximum atomic E-state index is 9.67. The molecule has 0 bridgehead atoms. The molecule has 3 nitrogen and oxygen atoms in total. The minimum atomic E-state index is -0.292. The lowest BCUT2D eigenvalue weighted by molar-refractivity contribution is 0.134. The molecule has 1 rings (SSSR count). The SMILES string of the molecule is CCc1ccsc1CNCC(O)CN(C)C. The smallest absolute Gasteiger partial charge is 0.0791 e. The average Bonchev–Trinajstić information content (AvgIpc) is 2.64. The molecule has 1 heterocycles. The summed E-state index contributed by atoms with van der Waals surface area (Å²) >= 11 is 1.79. The molecule has 0 aromatic carbocycles. The van der Waals surface area contributed by atoms with Gasteiger partial charge in [-0.2, -0.15) is 0 Å². The van der Waals surface area contributed by atoms with E-state index in [0.717, 1.165) is 13.0 Å². The van der Waals surface area contributed by atoms with Gasteiger partial charge in [0.25, 0.3) is 0 Å². The van der Waals surface area contributed by atoms with Crippen molar-refractivity contribution in [2.24, 2.45) is 0 Å². The van der Waals surface area contributed by atoms with E-state index in [1.165, 1.54) is 10.4 Å². The first kappa shape index (κ1) is 13.6. The molecule has 0 saturated carbocycles. The normalized spacial score (nSPS) is 13.3. The molecule has 1 aromatic rings. The molecular weight excluding hydrogens is 220 g/mol. The second-order valence-corrected chi connectivity index (χ2v) is 5.27. The average molecular weight is 242 g/mol. The van der Waals surface area contributed by atoms with E-state index in [4.69, 9.17) is 0 Å². The van der Waals surface area contributed by atoms with Crippen molar-refractivity contribution >= 4 is 11.3 Å². The van der Waals surface area contributed by atoms with Crippen LogP contribution in [0, 0.1) is 0 Å². The molecule has 92 valence electrons. The molecule has 0 aliphatic rings. The van der Waals surface area contributed by atoms with Crippen molar-refractivity contribution in [2.75, 3.05) is 27.2 Å². The lowest BCUT2D eigenvalue weighted by atomic mass is 10.2. The minimum Gasteiger partial charge on any atom is -0.390 e. The summed E-state index contributed by atoms with van der Waals surface area (Å²) in [7, 11) is 3.94. The van der Waals surface area contributed by atoms with E-state index in [1.54, 1.807) is 11.3 Å². The van der Waals surface area contributed by atoms with Gasteiger partial charge in [-0.15, -0.1) is 11.3 Å². The van der Waals surface area contributed by atoms with Gasteiger partial charge in [0.1, 0.15) is 0 Å².